The van der Waals surface area contributed by atoms with Gasteiger partial charge in [0.15, 0.2) is 5.69 Å². The minimum Gasteiger partial charge on any atom is -0.464 e. The first-order valence-corrected chi connectivity index (χ1v) is 6.67. The highest BCUT2D eigenvalue weighted by atomic mass is 35.5. The number of benzene rings is 1. The summed E-state index contributed by atoms with van der Waals surface area (Å²) in [6.07, 6.45) is 1.74. The van der Waals surface area contributed by atoms with E-state index in [4.69, 9.17) is 11.6 Å². The molecule has 0 aliphatic heterocycles. The average Bonchev–Trinajstić information content (AvgIpc) is 2.54. The number of fused-ring (bicyclic) bond motifs is 1. The van der Waals surface area contributed by atoms with Crippen LogP contribution in [0.15, 0.2) is 48.7 Å². The summed E-state index contributed by atoms with van der Waals surface area (Å²) in [5.41, 5.74) is 2.63. The van der Waals surface area contributed by atoms with Gasteiger partial charge in [0.25, 0.3) is 0 Å². The molecule has 0 saturated heterocycles. The molecule has 4 nitrogen and oxygen atoms in total. The summed E-state index contributed by atoms with van der Waals surface area (Å²) < 4.78 is 4.66. The first-order chi connectivity index (χ1) is 10.2. The van der Waals surface area contributed by atoms with Crippen LogP contribution in [-0.4, -0.2) is 23.0 Å². The van der Waals surface area contributed by atoms with Crippen molar-refractivity contribution in [1.82, 2.24) is 9.97 Å². The van der Waals surface area contributed by atoms with E-state index < -0.39 is 5.97 Å². The number of ether oxygens (including phenoxy) is 1. The zero-order valence-electron chi connectivity index (χ0n) is 11.2. The lowest BCUT2D eigenvalue weighted by Crippen LogP contribution is -2.04. The second-order valence-corrected chi connectivity index (χ2v) is 4.84. The summed E-state index contributed by atoms with van der Waals surface area (Å²) in [6.45, 7) is 0. The van der Waals surface area contributed by atoms with Crippen molar-refractivity contribution in [3.63, 3.8) is 0 Å². The number of carbonyl (C=O) groups is 1. The largest absolute Gasteiger partial charge is 0.464 e. The van der Waals surface area contributed by atoms with E-state index in [2.05, 4.69) is 14.7 Å². The lowest BCUT2D eigenvalue weighted by molar-refractivity contribution is 0.0594. The number of carbonyl (C=O) groups excluding carboxylic acids is 1. The highest BCUT2D eigenvalue weighted by molar-refractivity contribution is 6.35. The summed E-state index contributed by atoms with van der Waals surface area (Å²) in [4.78, 5) is 20.1. The maximum Gasteiger partial charge on any atom is 0.356 e. The Bertz CT molecular complexity index is 819. The molecule has 3 aromatic rings. The van der Waals surface area contributed by atoms with Gasteiger partial charge in [0.2, 0.25) is 0 Å². The third-order valence-corrected chi connectivity index (χ3v) is 3.43. The van der Waals surface area contributed by atoms with Gasteiger partial charge in [0.05, 0.1) is 23.3 Å². The van der Waals surface area contributed by atoms with Crippen LogP contribution in [0, 0.1) is 0 Å². The molecule has 0 spiro atoms. The van der Waals surface area contributed by atoms with Crippen molar-refractivity contribution in [2.24, 2.45) is 0 Å². The SMILES string of the molecule is COC(=O)c1cc(Cl)c2cc(-c3ccccn3)ccc2n1. The topological polar surface area (TPSA) is 52.1 Å². The molecule has 0 bridgehead atoms. The molecule has 0 aliphatic carbocycles. The maximum atomic E-state index is 11.5. The Kier molecular flexibility index (Phi) is 3.54. The van der Waals surface area contributed by atoms with Gasteiger partial charge in [-0.25, -0.2) is 9.78 Å². The molecular weight excluding hydrogens is 288 g/mol. The summed E-state index contributed by atoms with van der Waals surface area (Å²) in [5.74, 6) is -0.507. The number of esters is 1. The highest BCUT2D eigenvalue weighted by Gasteiger charge is 2.12. The number of hydrogen-bond acceptors (Lipinski definition) is 4. The van der Waals surface area contributed by atoms with Gasteiger partial charge in [-0.1, -0.05) is 23.7 Å². The van der Waals surface area contributed by atoms with Gasteiger partial charge in [-0.3, -0.25) is 4.98 Å². The number of methoxy groups -OCH3 is 1. The fourth-order valence-corrected chi connectivity index (χ4v) is 2.34. The summed E-state index contributed by atoms with van der Waals surface area (Å²) in [7, 11) is 1.31. The smallest absolute Gasteiger partial charge is 0.356 e. The summed E-state index contributed by atoms with van der Waals surface area (Å²) >= 11 is 6.25. The fourth-order valence-electron chi connectivity index (χ4n) is 2.09. The molecule has 2 heterocycles. The van der Waals surface area contributed by atoms with E-state index in [1.165, 1.54) is 13.2 Å². The number of hydrogen-bond donors (Lipinski definition) is 0. The lowest BCUT2D eigenvalue weighted by Gasteiger charge is -2.06. The quantitative estimate of drug-likeness (QED) is 0.676. The van der Waals surface area contributed by atoms with E-state index >= 15 is 0 Å². The Morgan fingerprint density at radius 1 is 1.19 bits per heavy atom. The predicted octanol–water partition coefficient (Wildman–Crippen LogP) is 3.74. The van der Waals surface area contributed by atoms with Crippen molar-refractivity contribution in [2.45, 2.75) is 0 Å². The average molecular weight is 299 g/mol. The van der Waals surface area contributed by atoms with Crippen molar-refractivity contribution in [1.29, 1.82) is 0 Å². The van der Waals surface area contributed by atoms with Crippen molar-refractivity contribution in [3.05, 3.63) is 59.4 Å². The molecule has 0 unspecified atom stereocenters. The molecule has 0 N–H and O–H groups in total. The van der Waals surface area contributed by atoms with Crippen LogP contribution in [-0.2, 0) is 4.74 Å². The van der Waals surface area contributed by atoms with Crippen LogP contribution in [0.4, 0.5) is 0 Å². The second kappa shape index (κ2) is 5.50. The van der Waals surface area contributed by atoms with Crippen LogP contribution in [0.5, 0.6) is 0 Å². The van der Waals surface area contributed by atoms with Crippen LogP contribution < -0.4 is 0 Å². The van der Waals surface area contributed by atoms with Gasteiger partial charge in [0, 0.05) is 17.1 Å². The van der Waals surface area contributed by atoms with Gasteiger partial charge >= 0.3 is 5.97 Å². The Hall–Kier alpha value is -2.46. The minimum absolute atomic E-state index is 0.195. The fraction of sp³-hybridized carbons (Fsp3) is 0.0625. The molecule has 0 saturated carbocycles. The molecule has 3 rings (SSSR count). The molecule has 0 amide bonds. The number of halogens is 1. The van der Waals surface area contributed by atoms with Crippen molar-refractivity contribution >= 4 is 28.5 Å². The molecular formula is C16H11ClN2O2. The number of pyridine rings is 2. The molecule has 0 radical (unpaired) electrons. The van der Waals surface area contributed by atoms with E-state index in [1.807, 2.05) is 36.4 Å². The van der Waals surface area contributed by atoms with Crippen LogP contribution in [0.25, 0.3) is 22.2 Å². The predicted molar refractivity (Wildman–Crippen MR) is 81.3 cm³/mol. The third kappa shape index (κ3) is 2.58. The normalized spacial score (nSPS) is 10.6. The highest BCUT2D eigenvalue weighted by Crippen LogP contribution is 2.28. The maximum absolute atomic E-state index is 11.5. The zero-order valence-corrected chi connectivity index (χ0v) is 12.0. The van der Waals surface area contributed by atoms with E-state index in [-0.39, 0.29) is 5.69 Å². The van der Waals surface area contributed by atoms with Gasteiger partial charge in [-0.15, -0.1) is 0 Å². The van der Waals surface area contributed by atoms with E-state index in [0.717, 1.165) is 16.6 Å². The van der Waals surface area contributed by atoms with E-state index in [9.17, 15) is 4.79 Å². The third-order valence-electron chi connectivity index (χ3n) is 3.11. The van der Waals surface area contributed by atoms with Crippen molar-refractivity contribution < 1.29 is 9.53 Å². The van der Waals surface area contributed by atoms with Gasteiger partial charge in [-0.2, -0.15) is 0 Å². The molecule has 0 atom stereocenters. The molecule has 5 heteroatoms. The van der Waals surface area contributed by atoms with Crippen LogP contribution in [0.1, 0.15) is 10.5 Å². The molecule has 21 heavy (non-hydrogen) atoms. The Balaban J connectivity index is 2.15. The van der Waals surface area contributed by atoms with Gasteiger partial charge in [0.1, 0.15) is 0 Å². The van der Waals surface area contributed by atoms with Crippen molar-refractivity contribution in [3.8, 4) is 11.3 Å². The van der Waals surface area contributed by atoms with Crippen molar-refractivity contribution in [2.75, 3.05) is 7.11 Å². The number of rotatable bonds is 2. The molecule has 0 aliphatic rings. The molecule has 104 valence electrons. The number of nitrogens with zero attached hydrogens (tertiary/aromatic N) is 2. The van der Waals surface area contributed by atoms with E-state index in [0.29, 0.717) is 10.5 Å². The van der Waals surface area contributed by atoms with Gasteiger partial charge < -0.3 is 4.74 Å². The van der Waals surface area contributed by atoms with Gasteiger partial charge in [-0.05, 0) is 30.3 Å². The Labute approximate surface area is 126 Å². The van der Waals surface area contributed by atoms with E-state index in [1.54, 1.807) is 6.20 Å². The van der Waals surface area contributed by atoms with Crippen LogP contribution in [0.2, 0.25) is 5.02 Å². The number of aromatic nitrogens is 2. The minimum atomic E-state index is -0.507. The zero-order chi connectivity index (χ0) is 14.8. The Morgan fingerprint density at radius 2 is 2.05 bits per heavy atom. The second-order valence-electron chi connectivity index (χ2n) is 4.43. The first-order valence-electron chi connectivity index (χ1n) is 6.29. The monoisotopic (exact) mass is 298 g/mol. The first kappa shape index (κ1) is 13.5. The summed E-state index contributed by atoms with van der Waals surface area (Å²) in [5, 5.41) is 1.23. The standard InChI is InChI=1S/C16H11ClN2O2/c1-21-16(20)15-9-12(17)11-8-10(5-6-14(11)19-15)13-4-2-3-7-18-13/h2-9H,1H3. The lowest BCUT2D eigenvalue weighted by atomic mass is 10.1. The van der Waals surface area contributed by atoms with Crippen LogP contribution >= 0.6 is 11.6 Å². The molecule has 1 aromatic carbocycles. The molecule has 0 fully saturated rings. The van der Waals surface area contributed by atoms with Crippen LogP contribution in [0.3, 0.4) is 0 Å². The summed E-state index contributed by atoms with van der Waals surface area (Å²) in [6, 6.07) is 12.8. The Morgan fingerprint density at radius 3 is 2.76 bits per heavy atom. The molecule has 2 aromatic heterocycles.